The maximum Gasteiger partial charge on any atom is 0.222 e. The second-order valence-electron chi connectivity index (χ2n) is 5.59. The van der Waals surface area contributed by atoms with Crippen LogP contribution in [0.2, 0.25) is 10.0 Å². The molecule has 0 spiro atoms. The molecule has 0 bridgehead atoms. The van der Waals surface area contributed by atoms with Gasteiger partial charge in [-0.1, -0.05) is 23.2 Å². The molecule has 0 saturated carbocycles. The van der Waals surface area contributed by atoms with E-state index in [1.165, 1.54) is 0 Å². The van der Waals surface area contributed by atoms with Crippen LogP contribution in [0.5, 0.6) is 5.75 Å². The predicted molar refractivity (Wildman–Crippen MR) is 92.4 cm³/mol. The van der Waals surface area contributed by atoms with Crippen LogP contribution in [0.1, 0.15) is 32.6 Å². The fraction of sp³-hybridized carbons (Fsp3) is 0.588. The van der Waals surface area contributed by atoms with E-state index in [0.717, 1.165) is 19.4 Å². The van der Waals surface area contributed by atoms with Crippen molar-refractivity contribution in [2.24, 2.45) is 0 Å². The lowest BCUT2D eigenvalue weighted by atomic mass is 10.2. The molecule has 1 aromatic carbocycles. The van der Waals surface area contributed by atoms with E-state index in [9.17, 15) is 4.79 Å². The Balaban J connectivity index is 1.70. The Labute approximate surface area is 147 Å². The fourth-order valence-corrected chi connectivity index (χ4v) is 3.06. The number of hydrogen-bond acceptors (Lipinski definition) is 3. The molecule has 1 aromatic rings. The monoisotopic (exact) mass is 359 g/mol. The summed E-state index contributed by atoms with van der Waals surface area (Å²) in [6.07, 6.45) is 3.45. The lowest BCUT2D eigenvalue weighted by Gasteiger charge is -2.24. The highest BCUT2D eigenvalue weighted by Gasteiger charge is 2.21. The molecule has 128 valence electrons. The van der Waals surface area contributed by atoms with E-state index < -0.39 is 0 Å². The average molecular weight is 360 g/mol. The van der Waals surface area contributed by atoms with Gasteiger partial charge in [0.1, 0.15) is 5.75 Å². The molecule has 6 heteroatoms. The quantitative estimate of drug-likeness (QED) is 0.653. The molecule has 0 N–H and O–H groups in total. The molecular formula is C17H23Cl2NO3. The molecule has 23 heavy (non-hydrogen) atoms. The lowest BCUT2D eigenvalue weighted by Crippen LogP contribution is -2.37. The Hall–Kier alpha value is -0.970. The highest BCUT2D eigenvalue weighted by Crippen LogP contribution is 2.27. The summed E-state index contributed by atoms with van der Waals surface area (Å²) in [6.45, 7) is 4.66. The summed E-state index contributed by atoms with van der Waals surface area (Å²) in [4.78, 5) is 14.1. The van der Waals surface area contributed by atoms with Gasteiger partial charge in [-0.2, -0.15) is 0 Å². The number of amides is 1. The first-order valence-corrected chi connectivity index (χ1v) is 8.83. The zero-order valence-corrected chi connectivity index (χ0v) is 14.9. The number of carbonyl (C=O) groups is 1. The van der Waals surface area contributed by atoms with Gasteiger partial charge in [-0.05, 0) is 44.4 Å². The molecule has 1 heterocycles. The van der Waals surface area contributed by atoms with Crippen LogP contribution in [0.15, 0.2) is 18.2 Å². The van der Waals surface area contributed by atoms with Crippen molar-refractivity contribution >= 4 is 29.1 Å². The molecule has 1 unspecified atom stereocenters. The van der Waals surface area contributed by atoms with E-state index in [2.05, 4.69) is 0 Å². The molecule has 1 fully saturated rings. The van der Waals surface area contributed by atoms with Crippen molar-refractivity contribution in [3.8, 4) is 5.75 Å². The molecule has 4 nitrogen and oxygen atoms in total. The first kappa shape index (κ1) is 18.4. The first-order valence-electron chi connectivity index (χ1n) is 8.07. The van der Waals surface area contributed by atoms with Gasteiger partial charge in [-0.25, -0.2) is 0 Å². The summed E-state index contributed by atoms with van der Waals surface area (Å²) < 4.78 is 11.2. The summed E-state index contributed by atoms with van der Waals surface area (Å²) in [5.41, 5.74) is 0. The second kappa shape index (κ2) is 9.36. The van der Waals surface area contributed by atoms with Crippen LogP contribution in [0.4, 0.5) is 0 Å². The van der Waals surface area contributed by atoms with Gasteiger partial charge in [-0.15, -0.1) is 0 Å². The zero-order chi connectivity index (χ0) is 16.7. The van der Waals surface area contributed by atoms with E-state index in [0.29, 0.717) is 48.3 Å². The summed E-state index contributed by atoms with van der Waals surface area (Å²) >= 11 is 11.9. The van der Waals surface area contributed by atoms with Crippen molar-refractivity contribution in [1.82, 2.24) is 4.90 Å². The minimum absolute atomic E-state index is 0.147. The maximum absolute atomic E-state index is 12.3. The third kappa shape index (κ3) is 5.87. The maximum atomic E-state index is 12.3. The van der Waals surface area contributed by atoms with Gasteiger partial charge in [0.25, 0.3) is 0 Å². The SMILES string of the molecule is CCN(CC1CCCO1)C(=O)CCCOc1ccc(Cl)cc1Cl. The third-order valence-electron chi connectivity index (χ3n) is 3.87. The van der Waals surface area contributed by atoms with Gasteiger partial charge < -0.3 is 14.4 Å². The molecule has 1 atom stereocenters. The first-order chi connectivity index (χ1) is 11.1. The molecule has 1 aliphatic heterocycles. The number of hydrogen-bond donors (Lipinski definition) is 0. The lowest BCUT2D eigenvalue weighted by molar-refractivity contribution is -0.132. The predicted octanol–water partition coefficient (Wildman–Crippen LogP) is 4.18. The van der Waals surface area contributed by atoms with Gasteiger partial charge in [0, 0.05) is 31.1 Å². The Bertz CT molecular complexity index is 519. The Kier molecular flexibility index (Phi) is 7.47. The minimum Gasteiger partial charge on any atom is -0.492 e. The number of rotatable bonds is 8. The van der Waals surface area contributed by atoms with Gasteiger partial charge in [0.05, 0.1) is 17.7 Å². The van der Waals surface area contributed by atoms with Gasteiger partial charge in [0.2, 0.25) is 5.91 Å². The number of carbonyl (C=O) groups excluding carboxylic acids is 1. The van der Waals surface area contributed by atoms with Crippen LogP contribution in [0.25, 0.3) is 0 Å². The number of likely N-dealkylation sites (N-methyl/N-ethyl adjacent to an activating group) is 1. The van der Waals surface area contributed by atoms with Crippen LogP contribution in [-0.2, 0) is 9.53 Å². The largest absolute Gasteiger partial charge is 0.492 e. The van der Waals surface area contributed by atoms with E-state index >= 15 is 0 Å². The van der Waals surface area contributed by atoms with Crippen LogP contribution < -0.4 is 4.74 Å². The molecule has 1 aliphatic rings. The van der Waals surface area contributed by atoms with Crippen LogP contribution >= 0.6 is 23.2 Å². The van der Waals surface area contributed by atoms with Crippen molar-refractivity contribution in [3.05, 3.63) is 28.2 Å². The number of benzene rings is 1. The molecular weight excluding hydrogens is 337 g/mol. The highest BCUT2D eigenvalue weighted by atomic mass is 35.5. The van der Waals surface area contributed by atoms with E-state index in [-0.39, 0.29) is 12.0 Å². The Morgan fingerprint density at radius 2 is 2.26 bits per heavy atom. The number of ether oxygens (including phenoxy) is 2. The van der Waals surface area contributed by atoms with Gasteiger partial charge in [0.15, 0.2) is 0 Å². The topological polar surface area (TPSA) is 38.8 Å². The Morgan fingerprint density at radius 1 is 1.43 bits per heavy atom. The van der Waals surface area contributed by atoms with Crippen molar-refractivity contribution in [3.63, 3.8) is 0 Å². The fourth-order valence-electron chi connectivity index (χ4n) is 2.60. The molecule has 1 amide bonds. The van der Waals surface area contributed by atoms with Gasteiger partial charge in [-0.3, -0.25) is 4.79 Å². The number of halogens is 2. The van der Waals surface area contributed by atoms with Gasteiger partial charge >= 0.3 is 0 Å². The molecule has 0 aliphatic carbocycles. The van der Waals surface area contributed by atoms with E-state index in [1.54, 1.807) is 18.2 Å². The summed E-state index contributed by atoms with van der Waals surface area (Å²) in [6, 6.07) is 5.11. The molecule has 1 saturated heterocycles. The zero-order valence-electron chi connectivity index (χ0n) is 13.4. The minimum atomic E-state index is 0.147. The van der Waals surface area contributed by atoms with Crippen LogP contribution in [0.3, 0.4) is 0 Å². The van der Waals surface area contributed by atoms with Crippen molar-refractivity contribution in [2.45, 2.75) is 38.7 Å². The van der Waals surface area contributed by atoms with E-state index in [4.69, 9.17) is 32.7 Å². The summed E-state index contributed by atoms with van der Waals surface area (Å²) in [7, 11) is 0. The smallest absolute Gasteiger partial charge is 0.222 e. The van der Waals surface area contributed by atoms with Crippen molar-refractivity contribution < 1.29 is 14.3 Å². The standard InChI is InChI=1S/C17H23Cl2NO3/c1-2-20(12-14-5-3-9-22-14)17(21)6-4-10-23-16-8-7-13(18)11-15(16)19/h7-8,11,14H,2-6,9-10,12H2,1H3. The second-order valence-corrected chi connectivity index (χ2v) is 6.44. The summed E-state index contributed by atoms with van der Waals surface area (Å²) in [5, 5.41) is 1.06. The number of nitrogens with zero attached hydrogens (tertiary/aromatic N) is 1. The average Bonchev–Trinajstić information content (AvgIpc) is 3.03. The molecule has 0 aromatic heterocycles. The third-order valence-corrected chi connectivity index (χ3v) is 4.40. The molecule has 2 rings (SSSR count). The van der Waals surface area contributed by atoms with Crippen molar-refractivity contribution in [2.75, 3.05) is 26.3 Å². The van der Waals surface area contributed by atoms with Crippen LogP contribution in [0, 0.1) is 0 Å². The van der Waals surface area contributed by atoms with Crippen LogP contribution in [-0.4, -0.2) is 43.2 Å². The summed E-state index contributed by atoms with van der Waals surface area (Å²) in [5.74, 6) is 0.740. The van der Waals surface area contributed by atoms with E-state index in [1.807, 2.05) is 11.8 Å². The Morgan fingerprint density at radius 3 is 2.91 bits per heavy atom. The highest BCUT2D eigenvalue weighted by molar-refractivity contribution is 6.35. The normalized spacial score (nSPS) is 17.3. The molecule has 0 radical (unpaired) electrons. The van der Waals surface area contributed by atoms with Crippen molar-refractivity contribution in [1.29, 1.82) is 0 Å².